The van der Waals surface area contributed by atoms with Crippen LogP contribution >= 0.6 is 0 Å². The Morgan fingerprint density at radius 2 is 1.52 bits per heavy atom. The Hall–Kier alpha value is -2.08. The van der Waals surface area contributed by atoms with Crippen molar-refractivity contribution >= 4 is 10.8 Å². The molecule has 0 radical (unpaired) electrons. The van der Waals surface area contributed by atoms with Crippen molar-refractivity contribution in [2.24, 2.45) is 5.92 Å². The van der Waals surface area contributed by atoms with Gasteiger partial charge in [0.25, 0.3) is 0 Å². The van der Waals surface area contributed by atoms with Crippen molar-refractivity contribution in [2.75, 3.05) is 0 Å². The topological polar surface area (TPSA) is 0 Å². The van der Waals surface area contributed by atoms with Gasteiger partial charge < -0.3 is 0 Å². The average molecular weight is 272 g/mol. The maximum Gasteiger partial charge on any atom is -0.0152 e. The van der Waals surface area contributed by atoms with Crippen LogP contribution in [-0.2, 0) is 19.3 Å². The van der Waals surface area contributed by atoms with Crippen LogP contribution in [0.4, 0.5) is 0 Å². The number of hydrogen-bond acceptors (Lipinski definition) is 0. The van der Waals surface area contributed by atoms with Crippen LogP contribution in [0.5, 0.6) is 0 Å². The Morgan fingerprint density at radius 1 is 0.762 bits per heavy atom. The van der Waals surface area contributed by atoms with Crippen molar-refractivity contribution in [3.05, 3.63) is 83.4 Å². The van der Waals surface area contributed by atoms with Gasteiger partial charge in [0.15, 0.2) is 0 Å². The lowest BCUT2D eigenvalue weighted by atomic mass is 9.80. The van der Waals surface area contributed by atoms with Crippen molar-refractivity contribution in [2.45, 2.75) is 25.7 Å². The van der Waals surface area contributed by atoms with E-state index >= 15 is 0 Å². The van der Waals surface area contributed by atoms with Crippen molar-refractivity contribution in [1.82, 2.24) is 0 Å². The number of rotatable bonds is 2. The molecule has 1 aliphatic carbocycles. The molecular formula is C21H20. The average Bonchev–Trinajstić information content (AvgIpc) is 2.55. The van der Waals surface area contributed by atoms with Gasteiger partial charge >= 0.3 is 0 Å². The van der Waals surface area contributed by atoms with E-state index in [0.29, 0.717) is 0 Å². The van der Waals surface area contributed by atoms with E-state index in [0.717, 1.165) is 5.92 Å². The van der Waals surface area contributed by atoms with E-state index in [1.807, 2.05) is 0 Å². The molecule has 0 saturated heterocycles. The molecule has 0 heteroatoms. The molecule has 0 unspecified atom stereocenters. The van der Waals surface area contributed by atoms with Crippen molar-refractivity contribution < 1.29 is 0 Å². The van der Waals surface area contributed by atoms with Crippen LogP contribution in [0.1, 0.15) is 23.1 Å². The summed E-state index contributed by atoms with van der Waals surface area (Å²) < 4.78 is 0. The smallest absolute Gasteiger partial charge is 0.0152 e. The van der Waals surface area contributed by atoms with Crippen LogP contribution in [0.2, 0.25) is 0 Å². The third kappa shape index (κ3) is 2.47. The highest BCUT2D eigenvalue weighted by Gasteiger charge is 2.19. The number of aryl methyl sites for hydroxylation is 1. The molecule has 3 aromatic carbocycles. The first-order chi connectivity index (χ1) is 10.4. The monoisotopic (exact) mass is 272 g/mol. The number of hydrogen-bond donors (Lipinski definition) is 0. The third-order valence-electron chi connectivity index (χ3n) is 4.84. The third-order valence-corrected chi connectivity index (χ3v) is 4.84. The zero-order chi connectivity index (χ0) is 14.1. The van der Waals surface area contributed by atoms with Gasteiger partial charge in [-0.15, -0.1) is 0 Å². The van der Waals surface area contributed by atoms with Crippen LogP contribution < -0.4 is 0 Å². The number of fused-ring (bicyclic) bond motifs is 2. The standard InChI is InChI=1S/C21H20/c1-2-8-19-14-16(12-13-17(19)6-1)15-20-10-5-9-18-7-3-4-11-21(18)20/h1-11,16H,12-15H2/t16-/m1/s1. The molecule has 0 bridgehead atoms. The summed E-state index contributed by atoms with van der Waals surface area (Å²) in [4.78, 5) is 0. The van der Waals surface area contributed by atoms with Gasteiger partial charge in [-0.3, -0.25) is 0 Å². The molecule has 1 aliphatic rings. The van der Waals surface area contributed by atoms with E-state index in [4.69, 9.17) is 0 Å². The molecule has 21 heavy (non-hydrogen) atoms. The van der Waals surface area contributed by atoms with E-state index in [9.17, 15) is 0 Å². The van der Waals surface area contributed by atoms with Crippen molar-refractivity contribution in [3.63, 3.8) is 0 Å². The van der Waals surface area contributed by atoms with Gasteiger partial charge in [-0.05, 0) is 59.1 Å². The molecule has 0 aliphatic heterocycles. The second-order valence-corrected chi connectivity index (χ2v) is 6.22. The number of benzene rings is 3. The van der Waals surface area contributed by atoms with E-state index < -0.39 is 0 Å². The Kier molecular flexibility index (Phi) is 3.23. The first kappa shape index (κ1) is 12.6. The summed E-state index contributed by atoms with van der Waals surface area (Å²) in [5, 5.41) is 2.80. The summed E-state index contributed by atoms with van der Waals surface area (Å²) in [5.41, 5.74) is 4.64. The molecule has 0 spiro atoms. The summed E-state index contributed by atoms with van der Waals surface area (Å²) in [6.45, 7) is 0. The Morgan fingerprint density at radius 3 is 2.48 bits per heavy atom. The van der Waals surface area contributed by atoms with Gasteiger partial charge in [0.05, 0.1) is 0 Å². The largest absolute Gasteiger partial charge is 0.0620 e. The molecule has 0 heterocycles. The summed E-state index contributed by atoms with van der Waals surface area (Å²) in [5.74, 6) is 0.783. The molecule has 1 atom stereocenters. The highest BCUT2D eigenvalue weighted by atomic mass is 14.2. The fourth-order valence-corrected chi connectivity index (χ4v) is 3.73. The maximum atomic E-state index is 2.31. The maximum absolute atomic E-state index is 2.31. The van der Waals surface area contributed by atoms with Crippen LogP contribution in [0.3, 0.4) is 0 Å². The second-order valence-electron chi connectivity index (χ2n) is 6.22. The Balaban J connectivity index is 1.62. The zero-order valence-electron chi connectivity index (χ0n) is 12.3. The van der Waals surface area contributed by atoms with Crippen LogP contribution in [0.25, 0.3) is 10.8 Å². The fraction of sp³-hybridized carbons (Fsp3) is 0.238. The summed E-state index contributed by atoms with van der Waals surface area (Å²) in [7, 11) is 0. The second kappa shape index (κ2) is 5.37. The highest BCUT2D eigenvalue weighted by Crippen LogP contribution is 2.30. The Labute approximate surface area is 126 Å². The summed E-state index contributed by atoms with van der Waals surface area (Å²) in [6.07, 6.45) is 5.00. The van der Waals surface area contributed by atoms with E-state index in [2.05, 4.69) is 66.7 Å². The first-order valence-electron chi connectivity index (χ1n) is 7.93. The van der Waals surface area contributed by atoms with Gasteiger partial charge in [-0.25, -0.2) is 0 Å². The molecule has 3 aromatic rings. The summed E-state index contributed by atoms with van der Waals surface area (Å²) in [6, 6.07) is 24.4. The first-order valence-corrected chi connectivity index (χ1v) is 7.93. The van der Waals surface area contributed by atoms with E-state index in [1.54, 1.807) is 11.1 Å². The van der Waals surface area contributed by atoms with Gasteiger partial charge in [0, 0.05) is 0 Å². The zero-order valence-corrected chi connectivity index (χ0v) is 12.3. The van der Waals surface area contributed by atoms with Gasteiger partial charge in [0.1, 0.15) is 0 Å². The normalized spacial score (nSPS) is 17.6. The molecule has 0 aromatic heterocycles. The van der Waals surface area contributed by atoms with Gasteiger partial charge in [0.2, 0.25) is 0 Å². The lowest BCUT2D eigenvalue weighted by molar-refractivity contribution is 0.457. The van der Waals surface area contributed by atoms with E-state index in [-0.39, 0.29) is 0 Å². The lowest BCUT2D eigenvalue weighted by Crippen LogP contribution is -2.16. The molecule has 0 nitrogen and oxygen atoms in total. The summed E-state index contributed by atoms with van der Waals surface area (Å²) >= 11 is 0. The van der Waals surface area contributed by atoms with Crippen molar-refractivity contribution in [1.29, 1.82) is 0 Å². The predicted molar refractivity (Wildman–Crippen MR) is 89.6 cm³/mol. The molecule has 0 fully saturated rings. The predicted octanol–water partition coefficient (Wildman–Crippen LogP) is 5.19. The molecule has 104 valence electrons. The SMILES string of the molecule is c1ccc2c(c1)CC[C@@H](Cc1cccc3ccccc13)C2. The molecule has 0 amide bonds. The molecule has 4 rings (SSSR count). The lowest BCUT2D eigenvalue weighted by Gasteiger charge is -2.25. The van der Waals surface area contributed by atoms with Gasteiger partial charge in [-0.1, -0.05) is 66.7 Å². The molecular weight excluding hydrogens is 252 g/mol. The highest BCUT2D eigenvalue weighted by molar-refractivity contribution is 5.85. The fourth-order valence-electron chi connectivity index (χ4n) is 3.73. The minimum atomic E-state index is 0.783. The molecule has 0 N–H and O–H groups in total. The van der Waals surface area contributed by atoms with Crippen LogP contribution in [0.15, 0.2) is 66.7 Å². The van der Waals surface area contributed by atoms with Gasteiger partial charge in [-0.2, -0.15) is 0 Å². The quantitative estimate of drug-likeness (QED) is 0.602. The Bertz CT molecular complexity index is 764. The van der Waals surface area contributed by atoms with Crippen molar-refractivity contribution in [3.8, 4) is 0 Å². The van der Waals surface area contributed by atoms with Crippen LogP contribution in [-0.4, -0.2) is 0 Å². The minimum Gasteiger partial charge on any atom is -0.0620 e. The van der Waals surface area contributed by atoms with E-state index in [1.165, 1.54) is 42.0 Å². The van der Waals surface area contributed by atoms with Crippen LogP contribution in [0, 0.1) is 5.92 Å². The molecule has 0 saturated carbocycles. The minimum absolute atomic E-state index is 0.783.